The number of nitrogens with zero attached hydrogens (tertiary/aromatic N) is 1. The van der Waals surface area contributed by atoms with Crippen LogP contribution in [0.3, 0.4) is 0 Å². The van der Waals surface area contributed by atoms with Gasteiger partial charge in [0.25, 0.3) is 5.91 Å². The molecule has 2 unspecified atom stereocenters. The van der Waals surface area contributed by atoms with Gasteiger partial charge < -0.3 is 14.9 Å². The minimum absolute atomic E-state index is 0.227. The van der Waals surface area contributed by atoms with Crippen LogP contribution in [0.15, 0.2) is 22.6 Å². The standard InChI is InChI=1S/C13H13N3O3/c14-11(17)8-2-1-3-9-10(8)19-12(16-9)13-4-7(5-15-13)18-6-13/h1-3,7,15H,4-6H2,(H2,14,17). The number of ether oxygens (including phenoxy) is 1. The predicted octanol–water partition coefficient (Wildman–Crippen LogP) is 0.514. The van der Waals surface area contributed by atoms with Crippen LogP contribution in [0.25, 0.3) is 11.1 Å². The maximum atomic E-state index is 11.4. The monoisotopic (exact) mass is 259 g/mol. The Bertz CT molecular complexity index is 671. The fourth-order valence-electron chi connectivity index (χ4n) is 2.90. The Labute approximate surface area is 108 Å². The second-order valence-corrected chi connectivity index (χ2v) is 5.14. The predicted molar refractivity (Wildman–Crippen MR) is 66.6 cm³/mol. The van der Waals surface area contributed by atoms with Gasteiger partial charge in [-0.3, -0.25) is 10.1 Å². The zero-order valence-electron chi connectivity index (χ0n) is 10.2. The molecular weight excluding hydrogens is 246 g/mol. The molecule has 98 valence electrons. The molecule has 0 spiro atoms. The van der Waals surface area contributed by atoms with Gasteiger partial charge in [-0.25, -0.2) is 4.98 Å². The Kier molecular flexibility index (Phi) is 2.05. The van der Waals surface area contributed by atoms with E-state index in [9.17, 15) is 4.79 Å². The van der Waals surface area contributed by atoms with E-state index < -0.39 is 5.91 Å². The topological polar surface area (TPSA) is 90.4 Å². The van der Waals surface area contributed by atoms with E-state index >= 15 is 0 Å². The Morgan fingerprint density at radius 3 is 3.05 bits per heavy atom. The van der Waals surface area contributed by atoms with Gasteiger partial charge in [-0.05, 0) is 12.1 Å². The fraction of sp³-hybridized carbons (Fsp3) is 0.385. The van der Waals surface area contributed by atoms with Crippen LogP contribution in [0.1, 0.15) is 22.7 Å². The Morgan fingerprint density at radius 2 is 2.42 bits per heavy atom. The van der Waals surface area contributed by atoms with Gasteiger partial charge >= 0.3 is 0 Å². The maximum absolute atomic E-state index is 11.4. The summed E-state index contributed by atoms with van der Waals surface area (Å²) in [5, 5.41) is 3.40. The van der Waals surface area contributed by atoms with Crippen LogP contribution in [0, 0.1) is 0 Å². The zero-order chi connectivity index (χ0) is 13.0. The number of amides is 1. The number of morpholine rings is 1. The molecule has 6 nitrogen and oxygen atoms in total. The van der Waals surface area contributed by atoms with Crippen molar-refractivity contribution in [3.05, 3.63) is 29.7 Å². The zero-order valence-corrected chi connectivity index (χ0v) is 10.2. The van der Waals surface area contributed by atoms with Crippen molar-refractivity contribution in [1.29, 1.82) is 0 Å². The van der Waals surface area contributed by atoms with Crippen molar-refractivity contribution in [2.45, 2.75) is 18.1 Å². The molecule has 2 atom stereocenters. The van der Waals surface area contributed by atoms with Crippen LogP contribution in [0.2, 0.25) is 0 Å². The first-order chi connectivity index (χ1) is 9.18. The second kappa shape index (κ2) is 3.55. The van der Waals surface area contributed by atoms with Crippen LogP contribution < -0.4 is 11.1 Å². The van der Waals surface area contributed by atoms with Gasteiger partial charge in [0.05, 0.1) is 18.3 Å². The minimum Gasteiger partial charge on any atom is -0.438 e. The van der Waals surface area contributed by atoms with Crippen LogP contribution >= 0.6 is 0 Å². The highest BCUT2D eigenvalue weighted by atomic mass is 16.5. The molecule has 3 N–H and O–H groups in total. The van der Waals surface area contributed by atoms with Crippen molar-refractivity contribution in [3.63, 3.8) is 0 Å². The van der Waals surface area contributed by atoms with Crippen molar-refractivity contribution in [2.24, 2.45) is 5.73 Å². The van der Waals surface area contributed by atoms with E-state index in [2.05, 4.69) is 10.3 Å². The number of benzene rings is 1. The molecule has 2 bridgehead atoms. The van der Waals surface area contributed by atoms with Crippen LogP contribution in [0.4, 0.5) is 0 Å². The highest BCUT2D eigenvalue weighted by molar-refractivity contribution is 6.03. The minimum atomic E-state index is -0.509. The highest BCUT2D eigenvalue weighted by Crippen LogP contribution is 2.39. The number of fused-ring (bicyclic) bond motifs is 3. The molecule has 0 aliphatic carbocycles. The van der Waals surface area contributed by atoms with E-state index in [-0.39, 0.29) is 11.6 Å². The quantitative estimate of drug-likeness (QED) is 0.820. The molecule has 2 fully saturated rings. The lowest BCUT2D eigenvalue weighted by Gasteiger charge is -2.22. The number of oxazole rings is 1. The van der Waals surface area contributed by atoms with E-state index in [1.165, 1.54) is 0 Å². The summed E-state index contributed by atoms with van der Waals surface area (Å²) in [6, 6.07) is 5.21. The summed E-state index contributed by atoms with van der Waals surface area (Å²) in [5.41, 5.74) is 6.47. The number of rotatable bonds is 2. The van der Waals surface area contributed by atoms with Crippen LogP contribution in [-0.2, 0) is 10.3 Å². The number of hydrogen-bond donors (Lipinski definition) is 2. The molecule has 2 aromatic rings. The lowest BCUT2D eigenvalue weighted by Crippen LogP contribution is -2.42. The molecule has 1 amide bonds. The SMILES string of the molecule is NC(=O)c1cccc2nc(C34COC(CN3)C4)oc12. The van der Waals surface area contributed by atoms with Gasteiger partial charge in [-0.15, -0.1) is 0 Å². The summed E-state index contributed by atoms with van der Waals surface area (Å²) in [5.74, 6) is 0.0712. The van der Waals surface area contributed by atoms with E-state index in [4.69, 9.17) is 14.9 Å². The number of para-hydroxylation sites is 1. The lowest BCUT2D eigenvalue weighted by atomic mass is 10.0. The van der Waals surface area contributed by atoms with E-state index in [1.54, 1.807) is 12.1 Å². The van der Waals surface area contributed by atoms with Gasteiger partial charge in [0, 0.05) is 13.0 Å². The Hall–Kier alpha value is -1.92. The summed E-state index contributed by atoms with van der Waals surface area (Å²) in [6.45, 7) is 1.36. The van der Waals surface area contributed by atoms with E-state index in [0.29, 0.717) is 29.2 Å². The van der Waals surface area contributed by atoms with E-state index in [0.717, 1.165) is 13.0 Å². The number of hydrogen-bond acceptors (Lipinski definition) is 5. The second-order valence-electron chi connectivity index (χ2n) is 5.14. The molecule has 19 heavy (non-hydrogen) atoms. The fourth-order valence-corrected chi connectivity index (χ4v) is 2.90. The molecule has 2 aliphatic rings. The molecule has 3 heterocycles. The molecule has 1 aromatic carbocycles. The maximum Gasteiger partial charge on any atom is 0.252 e. The lowest BCUT2D eigenvalue weighted by molar-refractivity contribution is 0.0633. The molecule has 0 saturated carbocycles. The normalized spacial score (nSPS) is 29.2. The van der Waals surface area contributed by atoms with Gasteiger partial charge in [0.1, 0.15) is 11.1 Å². The van der Waals surface area contributed by atoms with Crippen molar-refractivity contribution in [2.75, 3.05) is 13.2 Å². The number of aromatic nitrogens is 1. The molecular formula is C13H13N3O3. The molecule has 6 heteroatoms. The first-order valence-corrected chi connectivity index (χ1v) is 6.24. The first-order valence-electron chi connectivity index (χ1n) is 6.24. The third-order valence-corrected chi connectivity index (χ3v) is 3.90. The van der Waals surface area contributed by atoms with Gasteiger partial charge in [-0.1, -0.05) is 6.07 Å². The molecule has 1 aromatic heterocycles. The van der Waals surface area contributed by atoms with Crippen LogP contribution in [0.5, 0.6) is 0 Å². The first kappa shape index (κ1) is 11.0. The largest absolute Gasteiger partial charge is 0.438 e. The van der Waals surface area contributed by atoms with Crippen molar-refractivity contribution in [3.8, 4) is 0 Å². The average molecular weight is 259 g/mol. The third-order valence-electron chi connectivity index (χ3n) is 3.90. The number of nitrogens with one attached hydrogen (secondary N) is 1. The summed E-state index contributed by atoms with van der Waals surface area (Å²) in [6.07, 6.45) is 1.08. The smallest absolute Gasteiger partial charge is 0.252 e. The number of primary amides is 1. The molecule has 2 aliphatic heterocycles. The van der Waals surface area contributed by atoms with Crippen molar-refractivity contribution in [1.82, 2.24) is 10.3 Å². The summed E-state index contributed by atoms with van der Waals surface area (Å²) in [7, 11) is 0. The Morgan fingerprint density at radius 1 is 1.53 bits per heavy atom. The molecule has 0 radical (unpaired) electrons. The van der Waals surface area contributed by atoms with Crippen molar-refractivity contribution >= 4 is 17.0 Å². The highest BCUT2D eigenvalue weighted by Gasteiger charge is 2.50. The average Bonchev–Trinajstić information content (AvgIpc) is 3.11. The number of carbonyl (C=O) groups is 1. The summed E-state index contributed by atoms with van der Waals surface area (Å²) < 4.78 is 11.4. The number of nitrogens with two attached hydrogens (primary N) is 1. The van der Waals surface area contributed by atoms with Crippen LogP contribution in [-0.4, -0.2) is 30.1 Å². The van der Waals surface area contributed by atoms with E-state index in [1.807, 2.05) is 6.07 Å². The molecule has 4 rings (SSSR count). The van der Waals surface area contributed by atoms with Gasteiger partial charge in [0.2, 0.25) is 5.89 Å². The summed E-state index contributed by atoms with van der Waals surface area (Å²) in [4.78, 5) is 15.9. The Balaban J connectivity index is 1.89. The van der Waals surface area contributed by atoms with Crippen molar-refractivity contribution < 1.29 is 13.9 Å². The van der Waals surface area contributed by atoms with Gasteiger partial charge in [0.15, 0.2) is 5.58 Å². The van der Waals surface area contributed by atoms with Gasteiger partial charge in [-0.2, -0.15) is 0 Å². The number of carbonyl (C=O) groups excluding carboxylic acids is 1. The molecule has 2 saturated heterocycles. The third kappa shape index (κ3) is 1.44. The summed E-state index contributed by atoms with van der Waals surface area (Å²) >= 11 is 0.